The summed E-state index contributed by atoms with van der Waals surface area (Å²) in [5.41, 5.74) is 0.419. The Labute approximate surface area is 101 Å². The van der Waals surface area contributed by atoms with Gasteiger partial charge in [-0.15, -0.1) is 0 Å². The maximum Gasteiger partial charge on any atom is 0.387 e. The molecule has 2 rings (SSSR count). The molecule has 0 bridgehead atoms. The standard InChI is InChI=1S/C12H10F2O4/c13-12(14)17-9-4-2-1-3-8(9)7-5-10(15)18-11(16)6-7/h1-4,7,12H,5-6H2. The largest absolute Gasteiger partial charge is 0.435 e. The first-order valence-corrected chi connectivity index (χ1v) is 5.33. The van der Waals surface area contributed by atoms with Gasteiger partial charge in [0.1, 0.15) is 5.75 Å². The molecule has 0 spiro atoms. The van der Waals surface area contributed by atoms with Crippen LogP contribution in [0.5, 0.6) is 5.75 Å². The predicted molar refractivity (Wildman–Crippen MR) is 56.1 cm³/mol. The third-order valence-corrected chi connectivity index (χ3v) is 2.63. The second-order valence-corrected chi connectivity index (χ2v) is 3.87. The molecule has 4 nitrogen and oxygen atoms in total. The van der Waals surface area contributed by atoms with Gasteiger partial charge in [0.2, 0.25) is 0 Å². The first-order valence-electron chi connectivity index (χ1n) is 5.33. The molecule has 0 N–H and O–H groups in total. The zero-order valence-electron chi connectivity index (χ0n) is 9.27. The highest BCUT2D eigenvalue weighted by Crippen LogP contribution is 2.34. The number of carbonyl (C=O) groups is 2. The van der Waals surface area contributed by atoms with E-state index in [1.807, 2.05) is 0 Å². The van der Waals surface area contributed by atoms with Crippen LogP contribution in [0.3, 0.4) is 0 Å². The SMILES string of the molecule is O=C1CC(c2ccccc2OC(F)F)CC(=O)O1. The van der Waals surface area contributed by atoms with Gasteiger partial charge in [-0.25, -0.2) is 0 Å². The van der Waals surface area contributed by atoms with Crippen molar-refractivity contribution in [3.63, 3.8) is 0 Å². The average molecular weight is 256 g/mol. The van der Waals surface area contributed by atoms with Crippen LogP contribution in [0.15, 0.2) is 24.3 Å². The molecule has 0 aliphatic carbocycles. The summed E-state index contributed by atoms with van der Waals surface area (Å²) in [5, 5.41) is 0. The Morgan fingerprint density at radius 3 is 2.39 bits per heavy atom. The van der Waals surface area contributed by atoms with E-state index in [9.17, 15) is 18.4 Å². The first kappa shape index (κ1) is 12.5. The third kappa shape index (κ3) is 2.82. The minimum Gasteiger partial charge on any atom is -0.435 e. The van der Waals surface area contributed by atoms with Crippen LogP contribution in [0.2, 0.25) is 0 Å². The van der Waals surface area contributed by atoms with E-state index >= 15 is 0 Å². The van der Waals surface area contributed by atoms with Crippen molar-refractivity contribution in [1.82, 2.24) is 0 Å². The van der Waals surface area contributed by atoms with Crippen LogP contribution < -0.4 is 4.74 Å². The number of carbonyl (C=O) groups excluding carboxylic acids is 2. The van der Waals surface area contributed by atoms with Crippen LogP contribution in [0.25, 0.3) is 0 Å². The fourth-order valence-corrected chi connectivity index (χ4v) is 1.93. The Morgan fingerprint density at radius 1 is 1.17 bits per heavy atom. The van der Waals surface area contributed by atoms with Crippen LogP contribution >= 0.6 is 0 Å². The normalized spacial score (nSPS) is 16.8. The lowest BCUT2D eigenvalue weighted by Crippen LogP contribution is -2.24. The minimum atomic E-state index is -2.95. The van der Waals surface area contributed by atoms with Crippen molar-refractivity contribution in [2.75, 3.05) is 0 Å². The Morgan fingerprint density at radius 2 is 1.78 bits per heavy atom. The van der Waals surface area contributed by atoms with Crippen molar-refractivity contribution >= 4 is 11.9 Å². The molecule has 96 valence electrons. The van der Waals surface area contributed by atoms with E-state index in [1.165, 1.54) is 6.07 Å². The third-order valence-electron chi connectivity index (χ3n) is 2.63. The van der Waals surface area contributed by atoms with Crippen LogP contribution in [-0.4, -0.2) is 18.6 Å². The number of hydrogen-bond donors (Lipinski definition) is 0. The quantitative estimate of drug-likeness (QED) is 0.614. The average Bonchev–Trinajstić information content (AvgIpc) is 2.27. The van der Waals surface area contributed by atoms with E-state index in [4.69, 9.17) is 0 Å². The second kappa shape index (κ2) is 5.12. The van der Waals surface area contributed by atoms with E-state index in [0.717, 1.165) is 0 Å². The van der Waals surface area contributed by atoms with Gasteiger partial charge in [0, 0.05) is 5.92 Å². The van der Waals surface area contributed by atoms with Gasteiger partial charge in [-0.05, 0) is 11.6 Å². The molecule has 1 aromatic rings. The fourth-order valence-electron chi connectivity index (χ4n) is 1.93. The topological polar surface area (TPSA) is 52.6 Å². The summed E-state index contributed by atoms with van der Waals surface area (Å²) < 4.78 is 33.2. The molecule has 1 aliphatic rings. The van der Waals surface area contributed by atoms with E-state index in [2.05, 4.69) is 9.47 Å². The number of esters is 2. The van der Waals surface area contributed by atoms with Crippen LogP contribution in [0, 0.1) is 0 Å². The molecule has 1 aliphatic heterocycles. The second-order valence-electron chi connectivity index (χ2n) is 3.87. The van der Waals surface area contributed by atoms with Crippen LogP contribution in [0.1, 0.15) is 24.3 Å². The van der Waals surface area contributed by atoms with E-state index < -0.39 is 24.5 Å². The molecule has 1 fully saturated rings. The number of cyclic esters (lactones) is 2. The highest BCUT2D eigenvalue weighted by atomic mass is 19.3. The Balaban J connectivity index is 2.26. The van der Waals surface area contributed by atoms with Crippen molar-refractivity contribution in [1.29, 1.82) is 0 Å². The smallest absolute Gasteiger partial charge is 0.387 e. The van der Waals surface area contributed by atoms with E-state index in [0.29, 0.717) is 5.56 Å². The summed E-state index contributed by atoms with van der Waals surface area (Å²) in [7, 11) is 0. The molecule has 0 aromatic heterocycles. The maximum atomic E-state index is 12.2. The maximum absolute atomic E-state index is 12.2. The van der Waals surface area contributed by atoms with Crippen molar-refractivity contribution in [3.8, 4) is 5.75 Å². The minimum absolute atomic E-state index is 0.0139. The van der Waals surface area contributed by atoms with Gasteiger partial charge in [0.05, 0.1) is 12.8 Å². The van der Waals surface area contributed by atoms with Gasteiger partial charge in [-0.2, -0.15) is 8.78 Å². The molecule has 6 heteroatoms. The Bertz CT molecular complexity index is 457. The Kier molecular flexibility index (Phi) is 3.55. The molecular weight excluding hydrogens is 246 g/mol. The van der Waals surface area contributed by atoms with Gasteiger partial charge in [-0.1, -0.05) is 18.2 Å². The van der Waals surface area contributed by atoms with Gasteiger partial charge < -0.3 is 9.47 Å². The summed E-state index contributed by atoms with van der Waals surface area (Å²) in [6.07, 6.45) is -0.0370. The number of para-hydroxylation sites is 1. The summed E-state index contributed by atoms with van der Waals surface area (Å²) in [6.45, 7) is -2.95. The summed E-state index contributed by atoms with van der Waals surface area (Å²) in [4.78, 5) is 22.3. The molecule has 1 heterocycles. The number of alkyl halides is 2. The lowest BCUT2D eigenvalue weighted by atomic mass is 9.90. The number of rotatable bonds is 3. The molecule has 0 atom stereocenters. The van der Waals surface area contributed by atoms with E-state index in [1.54, 1.807) is 18.2 Å². The predicted octanol–water partition coefficient (Wildman–Crippen LogP) is 2.24. The van der Waals surface area contributed by atoms with Gasteiger partial charge in [0.25, 0.3) is 0 Å². The van der Waals surface area contributed by atoms with Crippen molar-refractivity contribution in [3.05, 3.63) is 29.8 Å². The molecule has 0 amide bonds. The lowest BCUT2D eigenvalue weighted by Gasteiger charge is -2.22. The van der Waals surface area contributed by atoms with Gasteiger partial charge in [0.15, 0.2) is 0 Å². The molecular formula is C12H10F2O4. The number of hydrogen-bond acceptors (Lipinski definition) is 4. The number of benzene rings is 1. The molecule has 1 saturated heterocycles. The van der Waals surface area contributed by atoms with Gasteiger partial charge >= 0.3 is 18.6 Å². The molecule has 1 aromatic carbocycles. The zero-order valence-corrected chi connectivity index (χ0v) is 9.27. The zero-order chi connectivity index (χ0) is 13.1. The van der Waals surface area contributed by atoms with Crippen LogP contribution in [0.4, 0.5) is 8.78 Å². The number of ether oxygens (including phenoxy) is 2. The molecule has 0 radical (unpaired) electrons. The highest BCUT2D eigenvalue weighted by Gasteiger charge is 2.30. The summed E-state index contributed by atoms with van der Waals surface area (Å²) in [6, 6.07) is 6.13. The van der Waals surface area contributed by atoms with E-state index in [-0.39, 0.29) is 18.6 Å². The molecule has 0 unspecified atom stereocenters. The fraction of sp³-hybridized carbons (Fsp3) is 0.333. The molecule has 0 saturated carbocycles. The highest BCUT2D eigenvalue weighted by molar-refractivity contribution is 5.89. The molecule has 18 heavy (non-hydrogen) atoms. The van der Waals surface area contributed by atoms with Crippen LogP contribution in [-0.2, 0) is 14.3 Å². The van der Waals surface area contributed by atoms with Crippen molar-refractivity contribution in [2.45, 2.75) is 25.4 Å². The summed E-state index contributed by atoms with van der Waals surface area (Å²) in [5.74, 6) is -1.79. The summed E-state index contributed by atoms with van der Waals surface area (Å²) >= 11 is 0. The lowest BCUT2D eigenvalue weighted by molar-refractivity contribution is -0.163. The Hall–Kier alpha value is -1.98. The first-order chi connectivity index (χ1) is 8.56. The van der Waals surface area contributed by atoms with Crippen molar-refractivity contribution in [2.24, 2.45) is 0 Å². The monoisotopic (exact) mass is 256 g/mol. The number of halogens is 2. The van der Waals surface area contributed by atoms with Gasteiger partial charge in [-0.3, -0.25) is 9.59 Å². The van der Waals surface area contributed by atoms with Crippen molar-refractivity contribution < 1.29 is 27.8 Å².